The van der Waals surface area contributed by atoms with Crippen molar-refractivity contribution in [2.45, 2.75) is 6.92 Å². The van der Waals surface area contributed by atoms with Crippen molar-refractivity contribution < 1.29 is 9.90 Å². The Bertz CT molecular complexity index is 437. The van der Waals surface area contributed by atoms with E-state index in [2.05, 4.69) is 12.4 Å². The van der Waals surface area contributed by atoms with Crippen LogP contribution in [0.15, 0.2) is 18.2 Å². The number of aromatic carboxylic acids is 1. The molecule has 0 spiro atoms. The highest BCUT2D eigenvalue weighted by Crippen LogP contribution is 2.28. The molecular weight excluding hydrogens is 216 g/mol. The minimum Gasteiger partial charge on any atom is -0.478 e. The van der Waals surface area contributed by atoms with Crippen LogP contribution in [0.4, 0.5) is 5.69 Å². The smallest absolute Gasteiger partial charge is 0.336 e. The number of benzene rings is 1. The molecule has 0 bridgehead atoms. The number of nitrogens with one attached hydrogen (secondary N) is 1. The molecule has 1 aromatic carbocycles. The molecule has 17 heavy (non-hydrogen) atoms. The molecule has 0 amide bonds. The zero-order valence-electron chi connectivity index (χ0n) is 10.4. The van der Waals surface area contributed by atoms with Crippen molar-refractivity contribution in [1.82, 2.24) is 9.80 Å². The van der Waals surface area contributed by atoms with Crippen LogP contribution in [0.5, 0.6) is 0 Å². The molecule has 1 aliphatic heterocycles. The van der Waals surface area contributed by atoms with E-state index in [0.717, 1.165) is 41.9 Å². The molecule has 1 aliphatic rings. The van der Waals surface area contributed by atoms with Crippen molar-refractivity contribution in [3.8, 4) is 0 Å². The largest absolute Gasteiger partial charge is 0.478 e. The fraction of sp³-hybridized carbons (Fsp3) is 0.462. The normalized spacial score (nSPS) is 18.9. The molecule has 1 heterocycles. The predicted octanol–water partition coefficient (Wildman–Crippen LogP) is 1.23. The Hall–Kier alpha value is -1.39. The zero-order chi connectivity index (χ0) is 12.5. The molecule has 0 radical (unpaired) electrons. The summed E-state index contributed by atoms with van der Waals surface area (Å²) in [6, 6.07) is 5.57. The molecule has 0 unspecified atom stereocenters. The number of nitrogens with zero attached hydrogens (tertiary/aromatic N) is 1. The van der Waals surface area contributed by atoms with Gasteiger partial charge in [-0.2, -0.15) is 0 Å². The van der Waals surface area contributed by atoms with Gasteiger partial charge in [0.15, 0.2) is 0 Å². The summed E-state index contributed by atoms with van der Waals surface area (Å²) in [6.07, 6.45) is 0. The summed E-state index contributed by atoms with van der Waals surface area (Å²) in [6.45, 7) is 5.87. The number of hydrogen-bond donors (Lipinski definition) is 2. The van der Waals surface area contributed by atoms with Crippen LogP contribution >= 0.6 is 0 Å². The maximum atomic E-state index is 11.1. The first-order valence-corrected chi connectivity index (χ1v) is 5.93. The third kappa shape index (κ3) is 2.18. The van der Waals surface area contributed by atoms with Crippen molar-refractivity contribution >= 4 is 11.7 Å². The van der Waals surface area contributed by atoms with E-state index in [0.29, 0.717) is 5.56 Å². The van der Waals surface area contributed by atoms with Gasteiger partial charge >= 0.3 is 5.97 Å². The SMILES string of the molecule is Cc1c(C(=O)O)cccc1[N+]1(C)CCNCC1. The number of carbonyl (C=O) groups is 1. The van der Waals surface area contributed by atoms with Crippen LogP contribution in [-0.4, -0.2) is 44.3 Å². The second-order valence-electron chi connectivity index (χ2n) is 4.85. The number of hydrogen-bond acceptors (Lipinski definition) is 2. The Labute approximate surface area is 101 Å². The lowest BCUT2D eigenvalue weighted by atomic mass is 10.0. The summed E-state index contributed by atoms with van der Waals surface area (Å²) < 4.78 is 0.819. The van der Waals surface area contributed by atoms with E-state index in [-0.39, 0.29) is 0 Å². The number of piperazine rings is 1. The Balaban J connectivity index is 2.44. The molecule has 2 N–H and O–H groups in total. The van der Waals surface area contributed by atoms with Gasteiger partial charge in [0.1, 0.15) is 5.69 Å². The van der Waals surface area contributed by atoms with Crippen molar-refractivity contribution in [1.29, 1.82) is 0 Å². The lowest BCUT2D eigenvalue weighted by molar-refractivity contribution is 0.0696. The van der Waals surface area contributed by atoms with Gasteiger partial charge in [-0.3, -0.25) is 4.48 Å². The van der Waals surface area contributed by atoms with E-state index in [1.54, 1.807) is 6.07 Å². The van der Waals surface area contributed by atoms with Crippen LogP contribution in [0.2, 0.25) is 0 Å². The number of carboxylic acid groups (broad SMARTS) is 1. The second-order valence-corrected chi connectivity index (χ2v) is 4.85. The fourth-order valence-electron chi connectivity index (χ4n) is 2.57. The molecular formula is C13H19N2O2+. The molecule has 1 aromatic rings. The van der Waals surface area contributed by atoms with Crippen LogP contribution in [0.25, 0.3) is 0 Å². The van der Waals surface area contributed by atoms with E-state index in [9.17, 15) is 4.79 Å². The zero-order valence-corrected chi connectivity index (χ0v) is 10.4. The van der Waals surface area contributed by atoms with Gasteiger partial charge in [0.2, 0.25) is 0 Å². The van der Waals surface area contributed by atoms with Gasteiger partial charge in [-0.15, -0.1) is 0 Å². The summed E-state index contributed by atoms with van der Waals surface area (Å²) in [5, 5.41) is 12.5. The van der Waals surface area contributed by atoms with Gasteiger partial charge in [-0.25, -0.2) is 4.79 Å². The third-order valence-electron chi connectivity index (χ3n) is 3.68. The lowest BCUT2D eigenvalue weighted by Gasteiger charge is -2.38. The first kappa shape index (κ1) is 12.1. The van der Waals surface area contributed by atoms with Gasteiger partial charge in [0.25, 0.3) is 0 Å². The first-order valence-electron chi connectivity index (χ1n) is 5.93. The molecule has 0 aromatic heterocycles. The number of likely N-dealkylation sites (N-methyl/N-ethyl adjacent to an activating group) is 1. The number of carboxylic acids is 1. The topological polar surface area (TPSA) is 49.3 Å². The van der Waals surface area contributed by atoms with E-state index in [1.807, 2.05) is 19.1 Å². The van der Waals surface area contributed by atoms with Gasteiger partial charge in [0.05, 0.1) is 25.7 Å². The molecule has 0 atom stereocenters. The molecule has 1 fully saturated rings. The average molecular weight is 235 g/mol. The van der Waals surface area contributed by atoms with E-state index < -0.39 is 5.97 Å². The lowest BCUT2D eigenvalue weighted by Crippen LogP contribution is -2.57. The van der Waals surface area contributed by atoms with Crippen LogP contribution in [0, 0.1) is 6.92 Å². The van der Waals surface area contributed by atoms with Gasteiger partial charge in [-0.05, 0) is 19.1 Å². The Morgan fingerprint density at radius 1 is 1.35 bits per heavy atom. The molecule has 4 nitrogen and oxygen atoms in total. The predicted molar refractivity (Wildman–Crippen MR) is 68.5 cm³/mol. The third-order valence-corrected chi connectivity index (χ3v) is 3.68. The van der Waals surface area contributed by atoms with Crippen molar-refractivity contribution in [3.63, 3.8) is 0 Å². The summed E-state index contributed by atoms with van der Waals surface area (Å²) in [5.41, 5.74) is 2.44. The fourth-order valence-corrected chi connectivity index (χ4v) is 2.57. The molecule has 0 aliphatic carbocycles. The molecule has 92 valence electrons. The average Bonchev–Trinajstić information content (AvgIpc) is 2.29. The Morgan fingerprint density at radius 3 is 2.59 bits per heavy atom. The summed E-state index contributed by atoms with van der Waals surface area (Å²) >= 11 is 0. The molecule has 1 saturated heterocycles. The highest BCUT2D eigenvalue weighted by atomic mass is 16.4. The number of quaternary nitrogens is 1. The maximum absolute atomic E-state index is 11.1. The van der Waals surface area contributed by atoms with Crippen molar-refractivity contribution in [2.24, 2.45) is 0 Å². The molecule has 0 saturated carbocycles. The Morgan fingerprint density at radius 2 is 2.00 bits per heavy atom. The Kier molecular flexibility index (Phi) is 3.17. The van der Waals surface area contributed by atoms with Crippen LogP contribution in [0.3, 0.4) is 0 Å². The highest BCUT2D eigenvalue weighted by molar-refractivity contribution is 5.91. The van der Waals surface area contributed by atoms with Gasteiger partial charge < -0.3 is 10.4 Å². The monoisotopic (exact) mass is 235 g/mol. The van der Waals surface area contributed by atoms with Gasteiger partial charge in [-0.1, -0.05) is 6.07 Å². The molecule has 2 rings (SSSR count). The quantitative estimate of drug-likeness (QED) is 0.758. The van der Waals surface area contributed by atoms with Crippen LogP contribution < -0.4 is 9.80 Å². The second kappa shape index (κ2) is 4.47. The minimum atomic E-state index is -0.842. The van der Waals surface area contributed by atoms with Crippen LogP contribution in [0.1, 0.15) is 15.9 Å². The van der Waals surface area contributed by atoms with Crippen LogP contribution in [-0.2, 0) is 0 Å². The van der Waals surface area contributed by atoms with Crippen molar-refractivity contribution in [2.75, 3.05) is 33.2 Å². The van der Waals surface area contributed by atoms with Crippen molar-refractivity contribution in [3.05, 3.63) is 29.3 Å². The minimum absolute atomic E-state index is 0.417. The highest BCUT2D eigenvalue weighted by Gasteiger charge is 2.30. The van der Waals surface area contributed by atoms with E-state index >= 15 is 0 Å². The molecule has 4 heteroatoms. The standard InChI is InChI=1S/C13H18N2O2/c1-10-11(13(16)17)4-3-5-12(10)15(2)8-6-14-7-9-15/h3-5,14H,6-9H2,1-2H3/p+1. The van der Waals surface area contributed by atoms with E-state index in [1.165, 1.54) is 0 Å². The summed E-state index contributed by atoms with van der Waals surface area (Å²) in [5.74, 6) is -0.842. The van der Waals surface area contributed by atoms with Gasteiger partial charge in [0, 0.05) is 18.7 Å². The number of rotatable bonds is 2. The summed E-state index contributed by atoms with van der Waals surface area (Å²) in [7, 11) is 2.18. The van der Waals surface area contributed by atoms with E-state index in [4.69, 9.17) is 5.11 Å². The maximum Gasteiger partial charge on any atom is 0.336 e. The first-order chi connectivity index (χ1) is 8.04. The summed E-state index contributed by atoms with van der Waals surface area (Å²) in [4.78, 5) is 11.1.